The van der Waals surface area contributed by atoms with Gasteiger partial charge < -0.3 is 14.4 Å². The van der Waals surface area contributed by atoms with Crippen LogP contribution in [-0.2, 0) is 9.31 Å². The minimum absolute atomic E-state index is 0.182. The fraction of sp³-hybridized carbons (Fsp3) is 0.412. The Balaban J connectivity index is 2.13. The molecule has 0 aliphatic carbocycles. The molecule has 0 bridgehead atoms. The Labute approximate surface area is 131 Å². The van der Waals surface area contributed by atoms with Crippen LogP contribution in [0, 0.1) is 11.8 Å². The van der Waals surface area contributed by atoms with E-state index in [1.165, 1.54) is 6.08 Å². The quantitative estimate of drug-likeness (QED) is 0.674. The summed E-state index contributed by atoms with van der Waals surface area (Å²) in [6, 6.07) is 7.05. The van der Waals surface area contributed by atoms with Gasteiger partial charge in [0.05, 0.1) is 11.2 Å². The average Bonchev–Trinajstić information content (AvgIpc) is 2.67. The summed E-state index contributed by atoms with van der Waals surface area (Å²) < 4.78 is 25.7. The Morgan fingerprint density at radius 2 is 1.73 bits per heavy atom. The number of halogens is 1. The number of benzene rings is 1. The van der Waals surface area contributed by atoms with Crippen LogP contribution in [0.15, 0.2) is 30.0 Å². The lowest BCUT2D eigenvalue weighted by molar-refractivity contribution is 0.00578. The number of aliphatic hydroxyl groups excluding tert-OH is 1. The molecular weight excluding hydrogens is 282 g/mol. The maximum Gasteiger partial charge on any atom is 0.525 e. The van der Waals surface area contributed by atoms with E-state index in [-0.39, 0.29) is 6.61 Å². The van der Waals surface area contributed by atoms with Gasteiger partial charge in [0.25, 0.3) is 0 Å². The molecule has 5 heteroatoms. The molecule has 0 saturated carbocycles. The molecule has 1 saturated heterocycles. The van der Waals surface area contributed by atoms with Crippen LogP contribution in [0.4, 0.5) is 4.39 Å². The summed E-state index contributed by atoms with van der Waals surface area (Å²) in [5.74, 6) is 5.35. The molecule has 0 spiro atoms. The van der Waals surface area contributed by atoms with Crippen LogP contribution in [0.5, 0.6) is 0 Å². The fourth-order valence-electron chi connectivity index (χ4n) is 1.99. The van der Waals surface area contributed by atoms with Gasteiger partial charge in [-0.05, 0) is 51.5 Å². The first-order chi connectivity index (χ1) is 10.2. The topological polar surface area (TPSA) is 38.7 Å². The molecule has 0 atom stereocenters. The van der Waals surface area contributed by atoms with E-state index in [0.29, 0.717) is 5.56 Å². The van der Waals surface area contributed by atoms with Crippen LogP contribution < -0.4 is 0 Å². The molecule has 116 valence electrons. The molecule has 22 heavy (non-hydrogen) atoms. The number of aliphatic hydroxyl groups is 1. The van der Waals surface area contributed by atoms with E-state index < -0.39 is 24.0 Å². The first-order valence-corrected chi connectivity index (χ1v) is 7.18. The number of hydrogen-bond acceptors (Lipinski definition) is 3. The van der Waals surface area contributed by atoms with Crippen molar-refractivity contribution in [1.82, 2.24) is 0 Å². The van der Waals surface area contributed by atoms with Gasteiger partial charge in [-0.15, -0.1) is 0 Å². The fourth-order valence-corrected chi connectivity index (χ4v) is 1.99. The highest BCUT2D eigenvalue weighted by Gasteiger charge is 2.52. The second kappa shape index (κ2) is 6.25. The highest BCUT2D eigenvalue weighted by molar-refractivity contribution is 6.54. The minimum Gasteiger partial charge on any atom is -0.398 e. The highest BCUT2D eigenvalue weighted by Crippen LogP contribution is 2.39. The van der Waals surface area contributed by atoms with Crippen molar-refractivity contribution in [2.75, 3.05) is 6.61 Å². The first kappa shape index (κ1) is 16.8. The van der Waals surface area contributed by atoms with Crippen LogP contribution in [-0.4, -0.2) is 30.0 Å². The van der Waals surface area contributed by atoms with Gasteiger partial charge in [0.15, 0.2) is 0 Å². The molecule has 1 fully saturated rings. The van der Waals surface area contributed by atoms with Crippen LogP contribution in [0.25, 0.3) is 6.08 Å². The van der Waals surface area contributed by atoms with E-state index in [4.69, 9.17) is 14.4 Å². The summed E-state index contributed by atoms with van der Waals surface area (Å²) in [6.45, 7) is 7.35. The van der Waals surface area contributed by atoms with Crippen molar-refractivity contribution in [3.8, 4) is 11.8 Å². The lowest BCUT2D eigenvalue weighted by Gasteiger charge is -2.32. The largest absolute Gasteiger partial charge is 0.525 e. The maximum absolute atomic E-state index is 14.3. The molecule has 1 N–H and O–H groups in total. The molecule has 0 radical (unpaired) electrons. The summed E-state index contributed by atoms with van der Waals surface area (Å²) >= 11 is 0. The maximum atomic E-state index is 14.3. The zero-order valence-electron chi connectivity index (χ0n) is 13.3. The van der Waals surface area contributed by atoms with Crippen molar-refractivity contribution in [3.05, 3.63) is 41.1 Å². The molecule has 0 amide bonds. The Kier molecular flexibility index (Phi) is 4.76. The number of rotatable bonds is 2. The van der Waals surface area contributed by atoms with Gasteiger partial charge in [0.2, 0.25) is 0 Å². The smallest absolute Gasteiger partial charge is 0.398 e. The van der Waals surface area contributed by atoms with E-state index in [1.54, 1.807) is 24.3 Å². The Bertz CT molecular complexity index is 608. The van der Waals surface area contributed by atoms with Crippen LogP contribution in [0.1, 0.15) is 38.8 Å². The molecule has 2 rings (SSSR count). The van der Waals surface area contributed by atoms with Gasteiger partial charge in [0, 0.05) is 5.56 Å². The first-order valence-electron chi connectivity index (χ1n) is 7.18. The lowest BCUT2D eigenvalue weighted by atomic mass is 9.87. The predicted octanol–water partition coefficient (Wildman–Crippen LogP) is 2.97. The summed E-state index contributed by atoms with van der Waals surface area (Å²) in [4.78, 5) is 0. The number of hydrogen-bond donors (Lipinski definition) is 1. The Morgan fingerprint density at radius 1 is 1.18 bits per heavy atom. The van der Waals surface area contributed by atoms with Gasteiger partial charge in [-0.3, -0.25) is 0 Å². The second-order valence-electron chi connectivity index (χ2n) is 6.20. The van der Waals surface area contributed by atoms with E-state index in [0.717, 1.165) is 5.56 Å². The van der Waals surface area contributed by atoms with Gasteiger partial charge in [0.1, 0.15) is 12.3 Å². The van der Waals surface area contributed by atoms with Gasteiger partial charge in [-0.2, -0.15) is 0 Å². The predicted molar refractivity (Wildman–Crippen MR) is 85.6 cm³/mol. The third kappa shape index (κ3) is 3.59. The zero-order chi connectivity index (χ0) is 16.4. The van der Waals surface area contributed by atoms with Crippen molar-refractivity contribution in [2.45, 2.75) is 38.9 Å². The summed E-state index contributed by atoms with van der Waals surface area (Å²) in [6.07, 6.45) is 1.39. The molecule has 0 unspecified atom stereocenters. The van der Waals surface area contributed by atoms with Gasteiger partial charge in [-0.1, -0.05) is 24.0 Å². The van der Waals surface area contributed by atoms with Crippen LogP contribution >= 0.6 is 0 Å². The average molecular weight is 302 g/mol. The molecule has 1 heterocycles. The lowest BCUT2D eigenvalue weighted by Crippen LogP contribution is -2.41. The summed E-state index contributed by atoms with van der Waals surface area (Å²) in [7, 11) is -0.987. The molecule has 1 aliphatic rings. The monoisotopic (exact) mass is 302 g/mol. The third-order valence-electron chi connectivity index (χ3n) is 4.01. The molecule has 0 aromatic heterocycles. The minimum atomic E-state index is -0.987. The van der Waals surface area contributed by atoms with Crippen LogP contribution in [0.2, 0.25) is 0 Å². The van der Waals surface area contributed by atoms with Gasteiger partial charge in [-0.25, -0.2) is 4.39 Å². The Morgan fingerprint density at radius 3 is 2.23 bits per heavy atom. The second-order valence-corrected chi connectivity index (χ2v) is 6.20. The van der Waals surface area contributed by atoms with Crippen molar-refractivity contribution in [1.29, 1.82) is 0 Å². The van der Waals surface area contributed by atoms with Crippen molar-refractivity contribution < 1.29 is 18.8 Å². The highest BCUT2D eigenvalue weighted by atomic mass is 19.1. The SMILES string of the molecule is CC1(C)OB(C(F)=Cc2ccc(C#CCO)cc2)OC1(C)C. The van der Waals surface area contributed by atoms with Crippen molar-refractivity contribution in [3.63, 3.8) is 0 Å². The molecule has 1 aliphatic heterocycles. The summed E-state index contributed by atoms with van der Waals surface area (Å²) in [5, 5.41) is 8.65. The van der Waals surface area contributed by atoms with Crippen LogP contribution in [0.3, 0.4) is 0 Å². The molecule has 3 nitrogen and oxygen atoms in total. The van der Waals surface area contributed by atoms with Crippen molar-refractivity contribution >= 4 is 13.2 Å². The third-order valence-corrected chi connectivity index (χ3v) is 4.01. The van der Waals surface area contributed by atoms with E-state index in [1.807, 2.05) is 27.7 Å². The van der Waals surface area contributed by atoms with Gasteiger partial charge >= 0.3 is 7.12 Å². The standard InChI is InChI=1S/C17H20BFO3/c1-16(2)17(3,4)22-18(21-16)15(19)12-14-9-7-13(8-10-14)6-5-11-20/h7-10,12,20H,11H2,1-4H3. The Hall–Kier alpha value is -1.61. The summed E-state index contributed by atoms with van der Waals surface area (Å²) in [5.41, 5.74) is -0.129. The van der Waals surface area contributed by atoms with E-state index >= 15 is 0 Å². The molecule has 1 aromatic carbocycles. The van der Waals surface area contributed by atoms with E-state index in [9.17, 15) is 4.39 Å². The molecular formula is C17H20BFO3. The normalized spacial score (nSPS) is 19.7. The van der Waals surface area contributed by atoms with E-state index in [2.05, 4.69) is 11.8 Å². The molecule has 1 aromatic rings. The zero-order valence-corrected chi connectivity index (χ0v) is 13.3. The van der Waals surface area contributed by atoms with Crippen molar-refractivity contribution in [2.24, 2.45) is 0 Å².